The van der Waals surface area contributed by atoms with Crippen molar-refractivity contribution < 1.29 is 44.3 Å². The Morgan fingerprint density at radius 2 is 1.01 bits per heavy atom. The lowest BCUT2D eigenvalue weighted by molar-refractivity contribution is -0.138. The molecule has 6 saturated heterocycles. The van der Waals surface area contributed by atoms with E-state index in [4.69, 9.17) is 29.4 Å². The van der Waals surface area contributed by atoms with Gasteiger partial charge in [0, 0.05) is 89.6 Å². The van der Waals surface area contributed by atoms with Gasteiger partial charge >= 0.3 is 6.03 Å². The van der Waals surface area contributed by atoms with Crippen LogP contribution in [0, 0.1) is 0 Å². The lowest BCUT2D eigenvalue weighted by atomic mass is 10.1. The maximum Gasteiger partial charge on any atom is 0.320 e. The molecule has 10 rings (SSSR count). The number of amides is 4. The first kappa shape index (κ1) is 49.8. The van der Waals surface area contributed by atoms with Crippen molar-refractivity contribution in [3.05, 3.63) is 12.7 Å². The number of nitrogens with zero attached hydrogens (tertiary/aromatic N) is 14. The zero-order valence-electron chi connectivity index (χ0n) is 41.6. The molecular formula is C45H68N18O9. The highest BCUT2D eigenvalue weighted by Gasteiger charge is 2.49. The van der Waals surface area contributed by atoms with E-state index in [1.807, 2.05) is 38.0 Å². The van der Waals surface area contributed by atoms with Gasteiger partial charge < -0.3 is 80.6 Å². The van der Waals surface area contributed by atoms with Gasteiger partial charge in [0.05, 0.1) is 12.7 Å². The number of rotatable bonds is 14. The number of imidazole rings is 2. The molecule has 4 aromatic rings. The van der Waals surface area contributed by atoms with Crippen molar-refractivity contribution in [3.63, 3.8) is 0 Å². The molecule has 6 aliphatic heterocycles. The van der Waals surface area contributed by atoms with Crippen molar-refractivity contribution in [1.82, 2.24) is 69.3 Å². The number of nitrogens with one attached hydrogen (secondary N) is 4. The van der Waals surface area contributed by atoms with Crippen molar-refractivity contribution >= 4 is 63.7 Å². The predicted octanol–water partition coefficient (Wildman–Crippen LogP) is -2.45. The number of hydrogen-bond acceptors (Lipinski definition) is 21. The quantitative estimate of drug-likeness (QED) is 0.0650. The van der Waals surface area contributed by atoms with E-state index >= 15 is 0 Å². The topological polar surface area (TPSA) is 305 Å². The molecule has 6 aliphatic rings. The van der Waals surface area contributed by atoms with Crippen LogP contribution in [0.1, 0.15) is 52.0 Å². The maximum atomic E-state index is 14.3. The van der Waals surface area contributed by atoms with Gasteiger partial charge in [0.25, 0.3) is 11.8 Å². The maximum absolute atomic E-state index is 14.3. The van der Waals surface area contributed by atoms with E-state index in [0.717, 1.165) is 12.8 Å². The molecule has 392 valence electrons. The number of aliphatic hydroxyl groups is 4. The zero-order valence-corrected chi connectivity index (χ0v) is 41.6. The number of likely N-dealkylation sites (tertiary alicyclic amines) is 2. The van der Waals surface area contributed by atoms with Gasteiger partial charge in [-0.3, -0.25) is 18.7 Å². The van der Waals surface area contributed by atoms with E-state index in [1.54, 1.807) is 13.8 Å². The van der Waals surface area contributed by atoms with Crippen molar-refractivity contribution in [2.24, 2.45) is 0 Å². The van der Waals surface area contributed by atoms with E-state index in [1.165, 1.54) is 21.8 Å². The van der Waals surface area contributed by atoms with Crippen LogP contribution in [0.2, 0.25) is 0 Å². The van der Waals surface area contributed by atoms with Crippen LogP contribution >= 0.6 is 0 Å². The third-order valence-electron chi connectivity index (χ3n) is 15.0. The summed E-state index contributed by atoms with van der Waals surface area (Å²) in [6.45, 7) is 8.79. The van der Waals surface area contributed by atoms with E-state index in [2.05, 4.69) is 50.8 Å². The van der Waals surface area contributed by atoms with Crippen molar-refractivity contribution in [1.29, 1.82) is 0 Å². The average molecular weight is 1010 g/mol. The van der Waals surface area contributed by atoms with Crippen LogP contribution in [0.5, 0.6) is 0 Å². The molecule has 0 aliphatic carbocycles. The van der Waals surface area contributed by atoms with Crippen LogP contribution in [0.4, 0.5) is 28.3 Å². The average Bonchev–Trinajstić information content (AvgIpc) is 4.22. The Morgan fingerprint density at radius 1 is 0.597 bits per heavy atom. The Morgan fingerprint density at radius 3 is 1.39 bits per heavy atom. The molecule has 72 heavy (non-hydrogen) atoms. The number of likely N-dealkylation sites (N-methyl/N-ethyl adjacent to an activating group) is 4. The fraction of sp³-hybridized carbons (Fsp3) is 0.711. The number of hydrogen-bond donors (Lipinski definition) is 8. The summed E-state index contributed by atoms with van der Waals surface area (Å²) in [5, 5.41) is 56.5. The SMILES string of the molecule is CCNC(=O)[C@H]1O[C@@H](n2cnc3c(N[C@@H]4CCN(C(=O)N5CC[C@@H](Nc6nc(N7CC[C@@H](N(C)C)C7)nc7c6ncn7[C@@H]6O[C@H](C(=O)NCC)[C@@H](O)[C@H]6O)C5)C4)nc(N4CC[C@@H](N(C)C)C4)nc32)[C@H](O)[C@@H]1O. The van der Waals surface area contributed by atoms with Crippen molar-refractivity contribution in [2.75, 3.05) is 114 Å². The van der Waals surface area contributed by atoms with E-state index in [9.17, 15) is 34.8 Å². The number of aromatic nitrogens is 8. The molecule has 0 saturated carbocycles. The summed E-state index contributed by atoms with van der Waals surface area (Å²) in [5.74, 6) is 0.761. The minimum Gasteiger partial charge on any atom is -0.387 e. The monoisotopic (exact) mass is 1000 g/mol. The standard InChI is InChI=1S/C45H68N18O9/c1-7-46-39(68)33-29(64)31(66)41(71-33)62-21-48-27-35(52-43(54-37(27)62)58-15-11-25(19-58)56(3)4)50-23-9-13-60(17-23)45(70)61-14-10-24(18-61)51-36-28-38(55-44(53-36)59-16-12-26(20-59)57(5)6)63(22-49-28)42-32(67)30(65)34(72-42)40(69)47-8-2/h21-26,29-34,41-42,64-67H,7-20H2,1-6H3,(H,46,68)(H,47,69)(H,50,52,54)(H,51,53,55)/t23-,24-,25-,26-,29+,30+,31-,32-,33+,34+,41-,42-/m1/s1. The van der Waals surface area contributed by atoms with Crippen molar-refractivity contribution in [2.45, 2.75) is 113 Å². The molecule has 12 atom stereocenters. The number of aliphatic hydroxyl groups excluding tert-OH is 4. The molecule has 0 aromatic carbocycles. The summed E-state index contributed by atoms with van der Waals surface area (Å²) in [5.41, 5.74) is 1.54. The zero-order chi connectivity index (χ0) is 50.7. The Bertz CT molecular complexity index is 2460. The van der Waals surface area contributed by atoms with Crippen LogP contribution in [0.15, 0.2) is 12.7 Å². The molecule has 0 bridgehead atoms. The molecular weight excluding hydrogens is 937 g/mol. The summed E-state index contributed by atoms with van der Waals surface area (Å²) in [7, 11) is 8.17. The minimum atomic E-state index is -1.47. The Hall–Kier alpha value is -5.81. The molecule has 10 heterocycles. The van der Waals surface area contributed by atoms with Crippen LogP contribution in [0.25, 0.3) is 22.3 Å². The molecule has 0 radical (unpaired) electrons. The van der Waals surface area contributed by atoms with E-state index in [-0.39, 0.29) is 30.2 Å². The van der Waals surface area contributed by atoms with E-state index in [0.29, 0.717) is 124 Å². The number of anilines is 4. The van der Waals surface area contributed by atoms with Gasteiger partial charge in [-0.1, -0.05) is 0 Å². The third kappa shape index (κ3) is 9.28. The molecule has 27 nitrogen and oxygen atoms in total. The Labute approximate surface area is 415 Å². The lowest BCUT2D eigenvalue weighted by Gasteiger charge is -2.25. The summed E-state index contributed by atoms with van der Waals surface area (Å²) < 4.78 is 15.0. The Balaban J connectivity index is 0.847. The third-order valence-corrected chi connectivity index (χ3v) is 15.0. The fourth-order valence-electron chi connectivity index (χ4n) is 10.8. The summed E-state index contributed by atoms with van der Waals surface area (Å²) in [6, 6.07) is 0.101. The van der Waals surface area contributed by atoms with Gasteiger partial charge in [-0.25, -0.2) is 14.8 Å². The summed E-state index contributed by atoms with van der Waals surface area (Å²) in [6.07, 6.45) is -4.66. The van der Waals surface area contributed by atoms with Gasteiger partial charge in [0.2, 0.25) is 11.9 Å². The molecule has 4 amide bonds. The summed E-state index contributed by atoms with van der Waals surface area (Å²) >= 11 is 0. The minimum absolute atomic E-state index is 0.0991. The number of carbonyl (C=O) groups excluding carboxylic acids is 3. The normalized spacial score (nSPS) is 30.8. The molecule has 8 N–H and O–H groups in total. The lowest BCUT2D eigenvalue weighted by Crippen LogP contribution is -2.42. The number of carbonyl (C=O) groups is 3. The first-order valence-electron chi connectivity index (χ1n) is 25.1. The van der Waals surface area contributed by atoms with Crippen LogP contribution in [-0.4, -0.2) is 251 Å². The highest BCUT2D eigenvalue weighted by Crippen LogP contribution is 2.37. The number of fused-ring (bicyclic) bond motifs is 2. The second-order valence-corrected chi connectivity index (χ2v) is 20.2. The van der Waals surface area contributed by atoms with Gasteiger partial charge in [0.15, 0.2) is 58.6 Å². The number of urea groups is 1. The summed E-state index contributed by atoms with van der Waals surface area (Å²) in [4.78, 5) is 81.1. The largest absolute Gasteiger partial charge is 0.387 e. The highest BCUT2D eigenvalue weighted by atomic mass is 16.6. The van der Waals surface area contributed by atoms with Gasteiger partial charge in [-0.05, 0) is 67.7 Å². The first-order valence-corrected chi connectivity index (χ1v) is 25.1. The smallest absolute Gasteiger partial charge is 0.320 e. The van der Waals surface area contributed by atoms with Crippen LogP contribution < -0.4 is 31.1 Å². The fourth-order valence-corrected chi connectivity index (χ4v) is 10.8. The van der Waals surface area contributed by atoms with Gasteiger partial charge in [0.1, 0.15) is 24.4 Å². The molecule has 27 heteroatoms. The molecule has 0 unspecified atom stereocenters. The van der Waals surface area contributed by atoms with Gasteiger partial charge in [-0.2, -0.15) is 19.9 Å². The number of ether oxygens (including phenoxy) is 2. The van der Waals surface area contributed by atoms with Crippen molar-refractivity contribution in [3.8, 4) is 0 Å². The first-order chi connectivity index (χ1) is 34.6. The molecule has 6 fully saturated rings. The predicted molar refractivity (Wildman–Crippen MR) is 261 cm³/mol. The highest BCUT2D eigenvalue weighted by molar-refractivity contribution is 5.87. The molecule has 4 aromatic heterocycles. The Kier molecular flexibility index (Phi) is 14.0. The van der Waals surface area contributed by atoms with Crippen LogP contribution in [-0.2, 0) is 19.1 Å². The van der Waals surface area contributed by atoms with E-state index < -0.39 is 60.9 Å². The van der Waals surface area contributed by atoms with Gasteiger partial charge in [-0.15, -0.1) is 0 Å². The second kappa shape index (κ2) is 20.2. The second-order valence-electron chi connectivity index (χ2n) is 20.2. The molecule has 0 spiro atoms. The van der Waals surface area contributed by atoms with Crippen LogP contribution in [0.3, 0.4) is 0 Å².